The van der Waals surface area contributed by atoms with E-state index >= 15 is 0 Å². The van der Waals surface area contributed by atoms with Gasteiger partial charge in [0, 0.05) is 32.5 Å². The van der Waals surface area contributed by atoms with E-state index in [2.05, 4.69) is 9.73 Å². The zero-order valence-electron chi connectivity index (χ0n) is 25.1. The Morgan fingerprint density at radius 1 is 0.884 bits per heavy atom. The average molecular weight is 637 g/mol. The first-order chi connectivity index (χ1) is 19.8. The normalized spacial score (nSPS) is 12.8. The number of aliphatic carboxylic acids is 2. The number of hydrogen-bond donors (Lipinski definition) is 3. The molecule has 0 aromatic carbocycles. The number of hydrogen-bond acceptors (Lipinski definition) is 15. The van der Waals surface area contributed by atoms with Crippen LogP contribution in [0.5, 0.6) is 0 Å². The molecule has 4 N–H and O–H groups in total. The number of ether oxygens (including phenoxy) is 4. The number of ketones is 1. The summed E-state index contributed by atoms with van der Waals surface area (Å²) in [7, 11) is 0. The first-order valence-corrected chi connectivity index (χ1v) is 12.6. The number of rotatable bonds is 18. The van der Waals surface area contributed by atoms with Gasteiger partial charge in [0.2, 0.25) is 0 Å². The molecule has 0 aromatic rings. The van der Waals surface area contributed by atoms with Crippen LogP contribution in [0.2, 0.25) is 0 Å². The van der Waals surface area contributed by atoms with Crippen LogP contribution < -0.4 is 40.5 Å². The fraction of sp³-hybridized carbons (Fsp3) is 0.708. The summed E-state index contributed by atoms with van der Waals surface area (Å²) >= 11 is 0. The maximum atomic E-state index is 11.2. The number of carboxylic acids is 2. The molecule has 0 unspecified atom stereocenters. The van der Waals surface area contributed by atoms with Gasteiger partial charge >= 0.3 is 47.5 Å². The zero-order chi connectivity index (χ0) is 32.9. The molecule has 0 aliphatic carbocycles. The van der Waals surface area contributed by atoms with Crippen molar-refractivity contribution in [3.63, 3.8) is 0 Å². The molecule has 43 heavy (non-hydrogen) atoms. The van der Waals surface area contributed by atoms with Crippen molar-refractivity contribution >= 4 is 42.0 Å². The maximum absolute atomic E-state index is 11.2. The Morgan fingerprint density at radius 3 is 1.63 bits per heavy atom. The molecule has 0 spiro atoms. The largest absolute Gasteiger partial charge is 1.00 e. The molecule has 0 radical (unpaired) electrons. The summed E-state index contributed by atoms with van der Waals surface area (Å²) < 4.78 is 19.9. The molecule has 2 amide bonds. The molecule has 1 rings (SSSR count). The van der Waals surface area contributed by atoms with Gasteiger partial charge in [-0.2, -0.15) is 0 Å². The minimum absolute atomic E-state index is 0. The molecular weight excluding hydrogens is 595 g/mol. The topological polar surface area (TPSA) is 268 Å². The predicted molar refractivity (Wildman–Crippen MR) is 137 cm³/mol. The van der Waals surface area contributed by atoms with Gasteiger partial charge in [0.05, 0.1) is 32.3 Å². The summed E-state index contributed by atoms with van der Waals surface area (Å²) in [6.45, 7) is 8.75. The molecule has 0 saturated carbocycles. The number of Topliss-reactive ketones (excluding diaryl/α,β-unsaturated/α-hetero) is 1. The maximum Gasteiger partial charge on any atom is 1.00 e. The first kappa shape index (κ1) is 47.4. The predicted octanol–water partition coefficient (Wildman–Crippen LogP) is -4.78. The third kappa shape index (κ3) is 32.2. The summed E-state index contributed by atoms with van der Waals surface area (Å²) in [5.74, 6) is -4.54. The van der Waals surface area contributed by atoms with Crippen molar-refractivity contribution < 1.29 is 107 Å². The standard InChI is InChI=1S/C10H15NO6.C10H18O5.C3H7NO2.CH2O3.Na/c1-2-15-5-6-16-7-10(14)17-11-8(12)3-4-9(11)13;1-3-14-4-5-15-7-9(11)6-8(2)10(12)13;1-2(4)3(5)6;2-1-4-3;/h2-7H2,1H3;8H,3-7H2,1-2H3,(H,12,13);2H,4H2,1H3,(H,5,6);1,3H;/q;;;;+1/p-1/t;8-;2-;;/m.10../s1. The van der Waals surface area contributed by atoms with Gasteiger partial charge in [-0.05, 0) is 20.8 Å². The number of nitrogens with two attached hydrogens (primary N) is 1. The molecular formula is C24H41N2NaO16. The first-order valence-electron chi connectivity index (χ1n) is 12.6. The number of imide groups is 1. The van der Waals surface area contributed by atoms with Gasteiger partial charge in [-0.25, -0.2) is 4.79 Å². The van der Waals surface area contributed by atoms with E-state index in [1.165, 1.54) is 13.8 Å². The van der Waals surface area contributed by atoms with Crippen LogP contribution in [-0.2, 0) is 62.2 Å². The Bertz CT molecular complexity index is 796. The van der Waals surface area contributed by atoms with Crippen LogP contribution in [0.4, 0.5) is 0 Å². The summed E-state index contributed by atoms with van der Waals surface area (Å²) in [5, 5.41) is 25.3. The Hall–Kier alpha value is -2.55. The number of amides is 2. The zero-order valence-corrected chi connectivity index (χ0v) is 27.1. The van der Waals surface area contributed by atoms with Crippen molar-refractivity contribution in [3.8, 4) is 0 Å². The summed E-state index contributed by atoms with van der Waals surface area (Å²) in [6, 6.07) is -0.731. The van der Waals surface area contributed by atoms with Gasteiger partial charge in [0.1, 0.15) is 19.3 Å². The Kier molecular flexibility index (Phi) is 35.7. The molecule has 244 valence electrons. The van der Waals surface area contributed by atoms with Crippen molar-refractivity contribution in [3.05, 3.63) is 0 Å². The molecule has 1 fully saturated rings. The van der Waals surface area contributed by atoms with E-state index in [1.54, 1.807) is 0 Å². The second-order valence-electron chi connectivity index (χ2n) is 7.85. The quantitative estimate of drug-likeness (QED) is 0.0318. The van der Waals surface area contributed by atoms with Crippen LogP contribution in [0.25, 0.3) is 0 Å². The third-order valence-corrected chi connectivity index (χ3v) is 4.22. The van der Waals surface area contributed by atoms with Gasteiger partial charge in [-0.1, -0.05) is 6.92 Å². The minimum atomic E-state index is -0.963. The van der Waals surface area contributed by atoms with E-state index in [9.17, 15) is 28.8 Å². The van der Waals surface area contributed by atoms with Crippen LogP contribution in [0.3, 0.4) is 0 Å². The number of carbonyl (C=O) groups is 7. The summed E-state index contributed by atoms with van der Waals surface area (Å²) in [4.78, 5) is 80.4. The Labute approximate surface area is 271 Å². The molecule has 2 atom stereocenters. The van der Waals surface area contributed by atoms with Crippen molar-refractivity contribution in [1.29, 1.82) is 0 Å². The molecule has 0 aromatic heterocycles. The van der Waals surface area contributed by atoms with Crippen molar-refractivity contribution in [2.24, 2.45) is 11.7 Å². The number of hydroxylamine groups is 2. The smallest absolute Gasteiger partial charge is 0.662 e. The average Bonchev–Trinajstić information content (AvgIpc) is 3.25. The van der Waals surface area contributed by atoms with E-state index in [1.807, 2.05) is 13.8 Å². The van der Waals surface area contributed by atoms with E-state index in [0.717, 1.165) is 0 Å². The Balaban J connectivity index is -0.000000266. The van der Waals surface area contributed by atoms with Crippen LogP contribution >= 0.6 is 0 Å². The molecule has 1 aliphatic rings. The van der Waals surface area contributed by atoms with Crippen LogP contribution in [-0.4, -0.2) is 116 Å². The molecule has 18 nitrogen and oxygen atoms in total. The number of nitrogens with zero attached hydrogens (tertiary/aromatic N) is 1. The van der Waals surface area contributed by atoms with Gasteiger partial charge < -0.3 is 49.9 Å². The molecule has 1 aliphatic heterocycles. The summed E-state index contributed by atoms with van der Waals surface area (Å²) in [5.41, 5.74) is 4.84. The number of carboxylic acid groups (broad SMARTS) is 2. The van der Waals surface area contributed by atoms with Crippen molar-refractivity contribution in [2.75, 3.05) is 52.9 Å². The minimum Gasteiger partial charge on any atom is -0.662 e. The van der Waals surface area contributed by atoms with E-state index in [0.29, 0.717) is 38.1 Å². The Morgan fingerprint density at radius 2 is 1.28 bits per heavy atom. The fourth-order valence-corrected chi connectivity index (χ4v) is 2.14. The van der Waals surface area contributed by atoms with Crippen LogP contribution in [0.15, 0.2) is 0 Å². The van der Waals surface area contributed by atoms with E-state index in [-0.39, 0.29) is 80.9 Å². The fourth-order valence-electron chi connectivity index (χ4n) is 2.14. The van der Waals surface area contributed by atoms with Gasteiger partial charge in [0.25, 0.3) is 18.3 Å². The van der Waals surface area contributed by atoms with Gasteiger partial charge in [-0.3, -0.25) is 28.8 Å². The van der Waals surface area contributed by atoms with Crippen LogP contribution in [0.1, 0.15) is 47.0 Å². The SMILES string of the molecule is CCOCCOCC(=O)C[C@@H](C)C(=O)O.CCOCCOCC(=O)ON1C(=O)CCC1=O.C[C@H](N)C(=O)O.O=CO[O-].[Na+]. The van der Waals surface area contributed by atoms with Crippen LogP contribution in [0, 0.1) is 5.92 Å². The monoisotopic (exact) mass is 636 g/mol. The summed E-state index contributed by atoms with van der Waals surface area (Å²) in [6.07, 6.45) is 0.179. The second kappa shape index (κ2) is 32.4. The second-order valence-corrected chi connectivity index (χ2v) is 7.85. The third-order valence-electron chi connectivity index (χ3n) is 4.22. The van der Waals surface area contributed by atoms with Gasteiger partial charge in [0.15, 0.2) is 5.78 Å². The van der Waals surface area contributed by atoms with E-state index in [4.69, 9.17) is 44.9 Å². The molecule has 1 saturated heterocycles. The van der Waals surface area contributed by atoms with Crippen molar-refractivity contribution in [1.82, 2.24) is 5.06 Å². The van der Waals surface area contributed by atoms with Gasteiger partial charge in [-0.15, -0.1) is 5.06 Å². The number of carbonyl (C=O) groups excluding carboxylic acids is 5. The molecule has 1 heterocycles. The molecule has 0 bridgehead atoms. The van der Waals surface area contributed by atoms with Crippen molar-refractivity contribution in [2.45, 2.75) is 53.0 Å². The van der Waals surface area contributed by atoms with E-state index < -0.39 is 41.7 Å². The molecule has 19 heteroatoms.